The summed E-state index contributed by atoms with van der Waals surface area (Å²) in [5.41, 5.74) is -0.348. The molecule has 1 aliphatic rings. The van der Waals surface area contributed by atoms with Crippen LogP contribution in [-0.2, 0) is 9.53 Å². The number of carbonyl (C=O) groups excluding carboxylic acids is 1. The molecule has 0 radical (unpaired) electrons. The van der Waals surface area contributed by atoms with Crippen LogP contribution in [0, 0.1) is 5.41 Å². The lowest BCUT2D eigenvalue weighted by atomic mass is 9.90. The first-order valence-corrected chi connectivity index (χ1v) is 5.99. The first-order valence-electron chi connectivity index (χ1n) is 5.99. The highest BCUT2D eigenvalue weighted by atomic mass is 16.5. The van der Waals surface area contributed by atoms with Gasteiger partial charge in [-0.15, -0.1) is 0 Å². The maximum absolute atomic E-state index is 11.5. The minimum Gasteiger partial charge on any atom is -0.481 e. The first-order chi connectivity index (χ1) is 8.96. The van der Waals surface area contributed by atoms with Gasteiger partial charge in [0.1, 0.15) is 5.82 Å². The normalized spacial score (nSPS) is 22.3. The Bertz CT molecular complexity index is 517. The topological polar surface area (TPSA) is 79.7 Å². The van der Waals surface area contributed by atoms with Gasteiger partial charge in [0.15, 0.2) is 0 Å². The summed E-state index contributed by atoms with van der Waals surface area (Å²) in [6.07, 6.45) is 2.09. The molecular weight excluding hydrogens is 248 g/mol. The van der Waals surface area contributed by atoms with Crippen LogP contribution in [0.4, 0.5) is 5.82 Å². The van der Waals surface area contributed by atoms with E-state index in [9.17, 15) is 14.7 Å². The Morgan fingerprint density at radius 3 is 2.84 bits per heavy atom. The molecule has 0 aliphatic carbocycles. The third-order valence-electron chi connectivity index (χ3n) is 3.48. The predicted molar refractivity (Wildman–Crippen MR) is 68.1 cm³/mol. The van der Waals surface area contributed by atoms with E-state index in [4.69, 9.17) is 0 Å². The number of esters is 1. The van der Waals surface area contributed by atoms with Gasteiger partial charge in [0.2, 0.25) is 0 Å². The van der Waals surface area contributed by atoms with Crippen LogP contribution in [0.2, 0.25) is 0 Å². The van der Waals surface area contributed by atoms with Crippen molar-refractivity contribution < 1.29 is 19.4 Å². The third kappa shape index (κ3) is 2.52. The number of anilines is 1. The predicted octanol–water partition coefficient (Wildman–Crippen LogP) is 1.17. The van der Waals surface area contributed by atoms with Gasteiger partial charge in [0, 0.05) is 19.3 Å². The molecule has 1 aromatic heterocycles. The van der Waals surface area contributed by atoms with Crippen LogP contribution in [-0.4, -0.2) is 42.2 Å². The number of nitrogens with zero attached hydrogens (tertiary/aromatic N) is 2. The molecule has 102 valence electrons. The minimum atomic E-state index is -0.806. The van der Waals surface area contributed by atoms with Gasteiger partial charge in [-0.3, -0.25) is 4.79 Å². The molecule has 1 aliphatic heterocycles. The highest BCUT2D eigenvalue weighted by Gasteiger charge is 2.40. The Balaban J connectivity index is 2.20. The van der Waals surface area contributed by atoms with E-state index in [0.717, 1.165) is 0 Å². The molecule has 0 amide bonds. The molecule has 0 saturated carbocycles. The number of carbonyl (C=O) groups is 2. The Hall–Kier alpha value is -2.11. The average molecular weight is 264 g/mol. The van der Waals surface area contributed by atoms with Gasteiger partial charge in [-0.2, -0.15) is 0 Å². The van der Waals surface area contributed by atoms with E-state index in [1.54, 1.807) is 19.1 Å². The fraction of sp³-hybridized carbons (Fsp3) is 0.462. The zero-order valence-electron chi connectivity index (χ0n) is 10.9. The van der Waals surface area contributed by atoms with E-state index >= 15 is 0 Å². The van der Waals surface area contributed by atoms with Crippen molar-refractivity contribution in [2.45, 2.75) is 13.3 Å². The van der Waals surface area contributed by atoms with Crippen LogP contribution in [0.3, 0.4) is 0 Å². The molecule has 2 rings (SSSR count). The van der Waals surface area contributed by atoms with E-state index in [-0.39, 0.29) is 0 Å². The molecule has 6 nitrogen and oxygen atoms in total. The first kappa shape index (κ1) is 13.3. The lowest BCUT2D eigenvalue weighted by molar-refractivity contribution is -0.146. The van der Waals surface area contributed by atoms with Crippen molar-refractivity contribution in [1.82, 2.24) is 4.98 Å². The summed E-state index contributed by atoms with van der Waals surface area (Å²) >= 11 is 0. The quantitative estimate of drug-likeness (QED) is 0.825. The zero-order valence-corrected chi connectivity index (χ0v) is 10.9. The SMILES string of the molecule is COC(=O)c1ccnc(N2CCC(C)(C(=O)O)C2)c1. The molecule has 1 fully saturated rings. The van der Waals surface area contributed by atoms with Gasteiger partial charge in [-0.25, -0.2) is 9.78 Å². The van der Waals surface area contributed by atoms with Crippen LogP contribution in [0.1, 0.15) is 23.7 Å². The van der Waals surface area contributed by atoms with E-state index < -0.39 is 17.4 Å². The minimum absolute atomic E-state index is 0.389. The molecule has 1 atom stereocenters. The summed E-state index contributed by atoms with van der Waals surface area (Å²) in [7, 11) is 1.32. The second-order valence-electron chi connectivity index (χ2n) is 4.93. The standard InChI is InChI=1S/C13H16N2O4/c1-13(12(17)18)4-6-15(8-13)10-7-9(3-5-14-10)11(16)19-2/h3,5,7H,4,6,8H2,1-2H3,(H,17,18). The lowest BCUT2D eigenvalue weighted by Gasteiger charge is -2.21. The fourth-order valence-corrected chi connectivity index (χ4v) is 2.17. The van der Waals surface area contributed by atoms with Crippen molar-refractivity contribution in [3.8, 4) is 0 Å². The second kappa shape index (κ2) is 4.87. The molecule has 19 heavy (non-hydrogen) atoms. The zero-order chi connectivity index (χ0) is 14.0. The summed E-state index contributed by atoms with van der Waals surface area (Å²) in [4.78, 5) is 28.7. The van der Waals surface area contributed by atoms with Gasteiger partial charge in [-0.1, -0.05) is 0 Å². The van der Waals surface area contributed by atoms with E-state index in [2.05, 4.69) is 9.72 Å². The van der Waals surface area contributed by atoms with Gasteiger partial charge in [0.05, 0.1) is 18.1 Å². The number of carboxylic acid groups (broad SMARTS) is 1. The van der Waals surface area contributed by atoms with Gasteiger partial charge < -0.3 is 14.7 Å². The molecule has 1 aromatic rings. The molecule has 0 aromatic carbocycles. The average Bonchev–Trinajstić information content (AvgIpc) is 2.82. The number of hydrogen-bond acceptors (Lipinski definition) is 5. The van der Waals surface area contributed by atoms with Crippen molar-refractivity contribution in [2.24, 2.45) is 5.41 Å². The number of hydrogen-bond donors (Lipinski definition) is 1. The van der Waals surface area contributed by atoms with Gasteiger partial charge in [0.25, 0.3) is 0 Å². The Labute approximate surface area is 111 Å². The highest BCUT2D eigenvalue weighted by molar-refractivity contribution is 5.90. The van der Waals surface area contributed by atoms with Crippen molar-refractivity contribution in [3.63, 3.8) is 0 Å². The van der Waals surface area contributed by atoms with Crippen LogP contribution in [0.15, 0.2) is 18.3 Å². The number of methoxy groups -OCH3 is 1. The summed E-state index contributed by atoms with van der Waals surface area (Å²) < 4.78 is 4.65. The maximum Gasteiger partial charge on any atom is 0.338 e. The van der Waals surface area contributed by atoms with E-state index in [1.807, 2.05) is 4.90 Å². The number of carboxylic acids is 1. The molecule has 1 saturated heterocycles. The number of aromatic nitrogens is 1. The van der Waals surface area contributed by atoms with Crippen molar-refractivity contribution >= 4 is 17.8 Å². The van der Waals surface area contributed by atoms with Crippen LogP contribution in [0.25, 0.3) is 0 Å². The van der Waals surface area contributed by atoms with E-state index in [1.165, 1.54) is 13.3 Å². The van der Waals surface area contributed by atoms with E-state index in [0.29, 0.717) is 30.9 Å². The third-order valence-corrected chi connectivity index (χ3v) is 3.48. The van der Waals surface area contributed by atoms with Crippen molar-refractivity contribution in [2.75, 3.05) is 25.1 Å². The molecule has 1 N–H and O–H groups in total. The molecule has 2 heterocycles. The second-order valence-corrected chi connectivity index (χ2v) is 4.93. The Morgan fingerprint density at radius 2 is 2.26 bits per heavy atom. The van der Waals surface area contributed by atoms with Crippen LogP contribution >= 0.6 is 0 Å². The summed E-state index contributed by atoms with van der Waals surface area (Å²) in [6, 6.07) is 3.20. The Morgan fingerprint density at radius 1 is 1.53 bits per heavy atom. The molecule has 0 spiro atoms. The summed E-state index contributed by atoms with van der Waals surface area (Å²) in [6.45, 7) is 2.72. The van der Waals surface area contributed by atoms with Crippen molar-refractivity contribution in [1.29, 1.82) is 0 Å². The number of pyridine rings is 1. The summed E-state index contributed by atoms with van der Waals surface area (Å²) in [5, 5.41) is 9.20. The highest BCUT2D eigenvalue weighted by Crippen LogP contribution is 2.32. The molecule has 6 heteroatoms. The van der Waals surface area contributed by atoms with Crippen LogP contribution in [0.5, 0.6) is 0 Å². The van der Waals surface area contributed by atoms with Crippen molar-refractivity contribution in [3.05, 3.63) is 23.9 Å². The number of ether oxygens (including phenoxy) is 1. The van der Waals surface area contributed by atoms with Gasteiger partial charge >= 0.3 is 11.9 Å². The van der Waals surface area contributed by atoms with Gasteiger partial charge in [-0.05, 0) is 25.5 Å². The number of aliphatic carboxylic acids is 1. The largest absolute Gasteiger partial charge is 0.481 e. The molecule has 0 bridgehead atoms. The van der Waals surface area contributed by atoms with Crippen LogP contribution < -0.4 is 4.90 Å². The molecular formula is C13H16N2O4. The summed E-state index contributed by atoms with van der Waals surface area (Å²) in [5.74, 6) is -0.629. The lowest BCUT2D eigenvalue weighted by Crippen LogP contribution is -2.32. The number of rotatable bonds is 3. The molecule has 1 unspecified atom stereocenters. The fourth-order valence-electron chi connectivity index (χ4n) is 2.17. The Kier molecular flexibility index (Phi) is 3.42. The maximum atomic E-state index is 11.5. The smallest absolute Gasteiger partial charge is 0.338 e. The monoisotopic (exact) mass is 264 g/mol.